The molecule has 6 aromatic rings. The van der Waals surface area contributed by atoms with Gasteiger partial charge in [0.1, 0.15) is 11.6 Å². The number of hydrogen-bond donors (Lipinski definition) is 0. The second-order valence-electron chi connectivity index (χ2n) is 12.8. The van der Waals surface area contributed by atoms with Crippen LogP contribution in [0, 0.1) is 23.7 Å². The van der Waals surface area contributed by atoms with Crippen LogP contribution < -0.4 is 14.2 Å². The van der Waals surface area contributed by atoms with Gasteiger partial charge in [0.05, 0.1) is 14.2 Å². The van der Waals surface area contributed by atoms with Crippen molar-refractivity contribution in [2.24, 2.45) is 0 Å². The van der Waals surface area contributed by atoms with Gasteiger partial charge >= 0.3 is 5.95 Å². The van der Waals surface area contributed by atoms with E-state index >= 15 is 0 Å². The summed E-state index contributed by atoms with van der Waals surface area (Å²) in [6.07, 6.45) is 5.98. The van der Waals surface area contributed by atoms with Crippen LogP contribution in [0.1, 0.15) is 60.3 Å². The molecule has 9 heteroatoms. The summed E-state index contributed by atoms with van der Waals surface area (Å²) in [5.41, 5.74) is 6.48. The molecular weight excluding hydrogens is 654 g/mol. The highest BCUT2D eigenvalue weighted by Gasteiger charge is 2.47. The van der Waals surface area contributed by atoms with E-state index in [1.54, 1.807) is 26.4 Å². The summed E-state index contributed by atoms with van der Waals surface area (Å²) in [4.78, 5) is 15.6. The SMILES string of the molecule is [C-]#[N+]c1nc(C#N)nc(-c2ccc(C3(c4ccc(F)cc4)C=Cc4c5c(c6cc(OC)c(OC)cc6c4O3)-c3ccccc3C5(CC)CC)cc2)n1. The molecule has 0 bridgehead atoms. The number of benzene rings is 5. The van der Waals surface area contributed by atoms with Crippen LogP contribution in [0.3, 0.4) is 0 Å². The first-order chi connectivity index (χ1) is 25.3. The number of hydrogen-bond acceptors (Lipinski definition) is 7. The second-order valence-corrected chi connectivity index (χ2v) is 12.8. The zero-order valence-corrected chi connectivity index (χ0v) is 29.0. The predicted octanol–water partition coefficient (Wildman–Crippen LogP) is 9.71. The summed E-state index contributed by atoms with van der Waals surface area (Å²) in [6.45, 7) is 11.9. The molecule has 0 fully saturated rings. The molecule has 8 nitrogen and oxygen atoms in total. The van der Waals surface area contributed by atoms with Gasteiger partial charge in [-0.05, 0) is 83.0 Å². The minimum atomic E-state index is -1.18. The van der Waals surface area contributed by atoms with Crippen LogP contribution in [-0.2, 0) is 11.0 Å². The molecule has 5 aromatic carbocycles. The van der Waals surface area contributed by atoms with Crippen molar-refractivity contribution in [3.63, 3.8) is 0 Å². The van der Waals surface area contributed by atoms with E-state index in [9.17, 15) is 9.65 Å². The van der Waals surface area contributed by atoms with Crippen molar-refractivity contribution in [3.8, 4) is 45.8 Å². The third-order valence-electron chi connectivity index (χ3n) is 10.6. The van der Waals surface area contributed by atoms with Crippen molar-refractivity contribution in [2.75, 3.05) is 14.2 Å². The number of aromatic nitrogens is 3. The molecule has 0 radical (unpaired) electrons. The Balaban J connectivity index is 1.41. The van der Waals surface area contributed by atoms with Crippen molar-refractivity contribution in [1.82, 2.24) is 15.0 Å². The fourth-order valence-corrected chi connectivity index (χ4v) is 8.12. The average molecular weight is 686 g/mol. The summed E-state index contributed by atoms with van der Waals surface area (Å²) in [5, 5.41) is 11.3. The monoisotopic (exact) mass is 685 g/mol. The van der Waals surface area contributed by atoms with Crippen molar-refractivity contribution >= 4 is 22.8 Å². The van der Waals surface area contributed by atoms with Crippen molar-refractivity contribution in [3.05, 3.63) is 142 Å². The maximum Gasteiger partial charge on any atom is 0.376 e. The Morgan fingerprint density at radius 1 is 0.865 bits per heavy atom. The third kappa shape index (κ3) is 4.66. The Labute approximate surface area is 300 Å². The summed E-state index contributed by atoms with van der Waals surface area (Å²) in [7, 11) is 3.26. The Bertz CT molecular complexity index is 2500. The van der Waals surface area contributed by atoms with Crippen molar-refractivity contribution in [1.29, 1.82) is 5.26 Å². The second kappa shape index (κ2) is 12.3. The molecule has 0 spiro atoms. The van der Waals surface area contributed by atoms with Gasteiger partial charge < -0.3 is 19.1 Å². The van der Waals surface area contributed by atoms with Crippen molar-refractivity contribution in [2.45, 2.75) is 37.7 Å². The summed E-state index contributed by atoms with van der Waals surface area (Å²) in [5.74, 6) is 1.43. The van der Waals surface area contributed by atoms with Crippen LogP contribution in [-0.4, -0.2) is 29.2 Å². The quantitative estimate of drug-likeness (QED) is 0.155. The van der Waals surface area contributed by atoms with E-state index in [-0.39, 0.29) is 28.8 Å². The molecule has 0 saturated carbocycles. The summed E-state index contributed by atoms with van der Waals surface area (Å²) >= 11 is 0. The smallest absolute Gasteiger partial charge is 0.376 e. The minimum Gasteiger partial charge on any atom is -0.493 e. The van der Waals surface area contributed by atoms with Gasteiger partial charge in [-0.25, -0.2) is 4.39 Å². The fraction of sp³-hybridized carbons (Fsp3) is 0.186. The van der Waals surface area contributed by atoms with E-state index in [4.69, 9.17) is 20.8 Å². The largest absolute Gasteiger partial charge is 0.493 e. The van der Waals surface area contributed by atoms with Gasteiger partial charge in [0.25, 0.3) is 5.82 Å². The lowest BCUT2D eigenvalue weighted by Gasteiger charge is -2.39. The average Bonchev–Trinajstić information content (AvgIpc) is 3.51. The van der Waals surface area contributed by atoms with Crippen molar-refractivity contribution < 1.29 is 18.6 Å². The molecule has 254 valence electrons. The van der Waals surface area contributed by atoms with Crippen LogP contribution in [0.25, 0.3) is 44.2 Å². The molecule has 0 amide bonds. The van der Waals surface area contributed by atoms with E-state index in [1.165, 1.54) is 28.8 Å². The number of nitriles is 1. The molecular formula is C43H32FN5O3. The maximum absolute atomic E-state index is 14.4. The van der Waals surface area contributed by atoms with Gasteiger partial charge in [-0.1, -0.05) is 68.5 Å². The molecule has 2 heterocycles. The first-order valence-electron chi connectivity index (χ1n) is 17.0. The van der Waals surface area contributed by atoms with E-state index in [0.29, 0.717) is 22.8 Å². The number of methoxy groups -OCH3 is 2. The highest BCUT2D eigenvalue weighted by atomic mass is 19.1. The lowest BCUT2D eigenvalue weighted by molar-refractivity contribution is 0.163. The maximum atomic E-state index is 14.4. The van der Waals surface area contributed by atoms with Crippen LogP contribution in [0.15, 0.2) is 91.0 Å². The summed E-state index contributed by atoms with van der Waals surface area (Å²) in [6, 6.07) is 28.4. The predicted molar refractivity (Wildman–Crippen MR) is 197 cm³/mol. The molecule has 1 aliphatic carbocycles. The number of ether oxygens (including phenoxy) is 3. The van der Waals surface area contributed by atoms with Gasteiger partial charge in [0, 0.05) is 33.1 Å². The number of fused-ring (bicyclic) bond motifs is 8. The Kier molecular flexibility index (Phi) is 7.73. The molecule has 2 aliphatic rings. The standard InChI is InChI=1S/C43H32FN5O3/c1-6-42(7-2)33-11-9-8-10-29(33)37-31-22-34(50-4)35(51-5)23-32(31)39-30(38(37)42)20-21-43(52-39,27-16-18-28(44)19-17-27)26-14-12-25(13-15-26)40-47-36(24-45)48-41(46-3)49-40/h8-23H,6-7H2,1-2,4-5H3. The van der Waals surface area contributed by atoms with Gasteiger partial charge in [-0.2, -0.15) is 10.2 Å². The van der Waals surface area contributed by atoms with E-state index in [2.05, 4.69) is 70.1 Å². The van der Waals surface area contributed by atoms with Gasteiger partial charge in [-0.3, -0.25) is 0 Å². The van der Waals surface area contributed by atoms with Crippen LogP contribution in [0.5, 0.6) is 17.2 Å². The Morgan fingerprint density at radius 2 is 1.52 bits per heavy atom. The zero-order chi connectivity index (χ0) is 36.2. The molecule has 52 heavy (non-hydrogen) atoms. The Hall–Kier alpha value is -6.58. The molecule has 1 unspecified atom stereocenters. The van der Waals surface area contributed by atoms with Crippen LogP contribution in [0.2, 0.25) is 0 Å². The van der Waals surface area contributed by atoms with E-state index in [1.807, 2.05) is 42.5 Å². The lowest BCUT2D eigenvalue weighted by Crippen LogP contribution is -2.35. The van der Waals surface area contributed by atoms with E-state index < -0.39 is 5.60 Å². The highest BCUT2D eigenvalue weighted by molar-refractivity contribution is 6.09. The Morgan fingerprint density at radius 3 is 2.15 bits per heavy atom. The molecule has 1 aliphatic heterocycles. The summed E-state index contributed by atoms with van der Waals surface area (Å²) < 4.78 is 33.5. The van der Waals surface area contributed by atoms with Crippen LogP contribution in [0.4, 0.5) is 10.3 Å². The zero-order valence-electron chi connectivity index (χ0n) is 29.0. The molecule has 1 aromatic heterocycles. The topological polar surface area (TPSA) is 94.5 Å². The highest BCUT2D eigenvalue weighted by Crippen LogP contribution is 2.61. The fourth-order valence-electron chi connectivity index (χ4n) is 8.12. The number of halogens is 1. The molecule has 0 saturated heterocycles. The van der Waals surface area contributed by atoms with Gasteiger partial charge in [-0.15, -0.1) is 16.5 Å². The number of rotatable bonds is 7. The first kappa shape index (κ1) is 32.6. The minimum absolute atomic E-state index is 0.137. The van der Waals surface area contributed by atoms with Gasteiger partial charge in [0.15, 0.2) is 23.2 Å². The number of nitrogens with zero attached hydrogens (tertiary/aromatic N) is 5. The van der Waals surface area contributed by atoms with E-state index in [0.717, 1.165) is 45.9 Å². The van der Waals surface area contributed by atoms with Crippen LogP contribution >= 0.6 is 0 Å². The first-order valence-corrected chi connectivity index (χ1v) is 17.0. The third-order valence-corrected chi connectivity index (χ3v) is 10.6. The molecule has 0 N–H and O–H groups in total. The molecule has 1 atom stereocenters. The van der Waals surface area contributed by atoms with Gasteiger partial charge in [0.2, 0.25) is 5.82 Å². The normalized spacial score (nSPS) is 16.2. The lowest BCUT2D eigenvalue weighted by atomic mass is 9.71. The molecule has 8 rings (SSSR count).